The van der Waals surface area contributed by atoms with E-state index >= 15 is 0 Å². The third kappa shape index (κ3) is 5.94. The number of hydrogen-bond donors (Lipinski definition) is 0. The van der Waals surface area contributed by atoms with Gasteiger partial charge in [0.2, 0.25) is 0 Å². The predicted octanol–water partition coefficient (Wildman–Crippen LogP) is 2.50. The zero-order chi connectivity index (χ0) is 7.82. The lowest BCUT2D eigenvalue weighted by molar-refractivity contribution is 0.622. The first-order valence-electron chi connectivity index (χ1n) is 3.76. The fourth-order valence-electron chi connectivity index (χ4n) is 0.775. The van der Waals surface area contributed by atoms with Crippen molar-refractivity contribution in [2.45, 2.75) is 32.2 Å². The summed E-state index contributed by atoms with van der Waals surface area (Å²) in [5.74, 6) is 0. The number of halogens is 2. The zero-order valence-electron chi connectivity index (χ0n) is 6.37. The largest absolute Gasteiger partial charge is 0.216 e. The van der Waals surface area contributed by atoms with Gasteiger partial charge in [-0.15, -0.1) is 0 Å². The lowest BCUT2D eigenvalue weighted by Crippen LogP contribution is -1.89. The van der Waals surface area contributed by atoms with Gasteiger partial charge >= 0.3 is 0 Å². The molecule has 0 aromatic rings. The van der Waals surface area contributed by atoms with Gasteiger partial charge in [-0.3, -0.25) is 0 Å². The topological polar surface area (TPSA) is 0 Å². The fraction of sp³-hybridized carbons (Fsp3) is 0.714. The molecule has 0 aliphatic rings. The van der Waals surface area contributed by atoms with Gasteiger partial charge < -0.3 is 0 Å². The van der Waals surface area contributed by atoms with E-state index in [4.69, 9.17) is 0 Å². The van der Waals surface area contributed by atoms with Gasteiger partial charge in [-0.05, 0) is 0 Å². The van der Waals surface area contributed by atoms with Crippen LogP contribution in [0.1, 0.15) is 26.2 Å². The summed E-state index contributed by atoms with van der Waals surface area (Å²) < 4.78 is 23.5. The van der Waals surface area contributed by atoms with E-state index in [1.165, 1.54) is 0 Å². The molecule has 0 aliphatic heterocycles. The van der Waals surface area contributed by atoms with Gasteiger partial charge in [-0.1, -0.05) is 32.2 Å². The number of hydrogen-bond acceptors (Lipinski definition) is 0. The molecule has 0 fully saturated rings. The van der Waals surface area contributed by atoms with E-state index in [0.29, 0.717) is 0 Å². The smallest absolute Gasteiger partial charge is 0.113 e. The van der Waals surface area contributed by atoms with Crippen molar-refractivity contribution in [1.29, 1.82) is 0 Å². The van der Waals surface area contributed by atoms with E-state index in [1.54, 1.807) is 0 Å². The van der Waals surface area contributed by atoms with Crippen LogP contribution in [-0.2, 0) is 0 Å². The van der Waals surface area contributed by atoms with Gasteiger partial charge in [-0.2, -0.15) is 0 Å². The molecule has 0 saturated carbocycles. The Hall–Kier alpha value is -0.183. The summed E-state index contributed by atoms with van der Waals surface area (Å²) in [7, 11) is -0.865. The van der Waals surface area contributed by atoms with Crippen molar-refractivity contribution >= 4 is 9.52 Å². The Morgan fingerprint density at radius 1 is 1.50 bits per heavy atom. The van der Waals surface area contributed by atoms with E-state index in [0.717, 1.165) is 25.3 Å². The van der Waals surface area contributed by atoms with Crippen LogP contribution >= 0.6 is 0 Å². The molecule has 0 radical (unpaired) electrons. The van der Waals surface area contributed by atoms with Gasteiger partial charge in [-0.25, -0.2) is 8.78 Å². The van der Waals surface area contributed by atoms with Gasteiger partial charge in [0.1, 0.15) is 11.8 Å². The summed E-state index contributed by atoms with van der Waals surface area (Å²) in [6, 6.07) is 0.903. The van der Waals surface area contributed by atoms with Gasteiger partial charge in [0.05, 0.1) is 9.52 Å². The molecule has 3 heteroatoms. The van der Waals surface area contributed by atoms with Gasteiger partial charge in [0.25, 0.3) is 0 Å². The summed E-state index contributed by atoms with van der Waals surface area (Å²) >= 11 is 0. The van der Waals surface area contributed by atoms with Crippen molar-refractivity contribution in [3.05, 3.63) is 11.8 Å². The van der Waals surface area contributed by atoms with Crippen LogP contribution in [0.25, 0.3) is 0 Å². The molecule has 0 saturated heterocycles. The summed E-state index contributed by atoms with van der Waals surface area (Å²) in [4.78, 5) is 0. The van der Waals surface area contributed by atoms with Crippen LogP contribution in [0.4, 0.5) is 8.78 Å². The molecule has 0 amide bonds. The van der Waals surface area contributed by atoms with E-state index in [1.807, 2.05) is 0 Å². The average molecular weight is 164 g/mol. The number of unbranched alkanes of at least 4 members (excludes halogenated alkanes) is 2. The third-order valence-electron chi connectivity index (χ3n) is 1.39. The van der Waals surface area contributed by atoms with Crippen molar-refractivity contribution < 1.29 is 8.78 Å². The summed E-state index contributed by atoms with van der Waals surface area (Å²) in [6.45, 7) is 2.10. The quantitative estimate of drug-likeness (QED) is 0.432. The first kappa shape index (κ1) is 9.82. The van der Waals surface area contributed by atoms with Crippen LogP contribution in [0, 0.1) is 0 Å². The molecule has 10 heavy (non-hydrogen) atoms. The molecule has 0 rings (SSSR count). The van der Waals surface area contributed by atoms with Gasteiger partial charge in [0, 0.05) is 0 Å². The molecule has 0 spiro atoms. The SMILES string of the molecule is CCCCC[SiH2]/C(F)=C/F. The molecule has 0 unspecified atom stereocenters. The van der Waals surface area contributed by atoms with E-state index in [9.17, 15) is 8.78 Å². The highest BCUT2D eigenvalue weighted by molar-refractivity contribution is 6.44. The van der Waals surface area contributed by atoms with Crippen LogP contribution in [0.5, 0.6) is 0 Å². The Morgan fingerprint density at radius 2 is 2.20 bits per heavy atom. The maximum absolute atomic E-state index is 12.1. The highest BCUT2D eigenvalue weighted by Crippen LogP contribution is 2.03. The molecular formula is C7H14F2Si. The van der Waals surface area contributed by atoms with Crippen molar-refractivity contribution in [1.82, 2.24) is 0 Å². The Balaban J connectivity index is 3.04. The van der Waals surface area contributed by atoms with E-state index in [-0.39, 0.29) is 6.33 Å². The molecule has 0 N–H and O–H groups in total. The Labute approximate surface area is 63.1 Å². The third-order valence-corrected chi connectivity index (χ3v) is 2.87. The maximum Gasteiger partial charge on any atom is 0.113 e. The van der Waals surface area contributed by atoms with Gasteiger partial charge in [0.15, 0.2) is 0 Å². The highest BCUT2D eigenvalue weighted by atomic mass is 28.2. The first-order chi connectivity index (χ1) is 4.81. The monoisotopic (exact) mass is 164 g/mol. The molecule has 0 aliphatic carbocycles. The minimum Gasteiger partial charge on any atom is -0.216 e. The Morgan fingerprint density at radius 3 is 2.70 bits per heavy atom. The number of rotatable bonds is 5. The average Bonchev–Trinajstić information content (AvgIpc) is 1.98. The Kier molecular flexibility index (Phi) is 6.80. The molecule has 0 nitrogen and oxygen atoms in total. The van der Waals surface area contributed by atoms with Crippen molar-refractivity contribution in [2.24, 2.45) is 0 Å². The van der Waals surface area contributed by atoms with E-state index in [2.05, 4.69) is 6.92 Å². The summed E-state index contributed by atoms with van der Waals surface area (Å²) in [5.41, 5.74) is -0.490. The van der Waals surface area contributed by atoms with E-state index < -0.39 is 15.0 Å². The molecule has 0 heterocycles. The second kappa shape index (κ2) is 6.93. The normalized spacial score (nSPS) is 13.3. The second-order valence-corrected chi connectivity index (χ2v) is 4.25. The second-order valence-electron chi connectivity index (χ2n) is 2.37. The van der Waals surface area contributed by atoms with Crippen LogP contribution in [-0.4, -0.2) is 9.52 Å². The fourth-order valence-corrected chi connectivity index (χ4v) is 1.83. The summed E-state index contributed by atoms with van der Waals surface area (Å²) in [5, 5.41) is 0. The van der Waals surface area contributed by atoms with Crippen LogP contribution in [0.15, 0.2) is 11.8 Å². The molecule has 0 atom stereocenters. The predicted molar refractivity (Wildman–Crippen MR) is 43.2 cm³/mol. The highest BCUT2D eigenvalue weighted by Gasteiger charge is 1.94. The zero-order valence-corrected chi connectivity index (χ0v) is 7.78. The van der Waals surface area contributed by atoms with Crippen LogP contribution in [0.2, 0.25) is 6.04 Å². The lowest BCUT2D eigenvalue weighted by Gasteiger charge is -1.94. The van der Waals surface area contributed by atoms with Crippen LogP contribution in [0.3, 0.4) is 0 Å². The molecule has 60 valence electrons. The first-order valence-corrected chi connectivity index (χ1v) is 5.46. The van der Waals surface area contributed by atoms with Crippen LogP contribution < -0.4 is 0 Å². The minimum absolute atomic E-state index is 0.109. The maximum atomic E-state index is 12.1. The summed E-state index contributed by atoms with van der Waals surface area (Å²) in [6.07, 6.45) is 3.46. The molecule has 0 aromatic heterocycles. The van der Waals surface area contributed by atoms with Crippen molar-refractivity contribution in [3.8, 4) is 0 Å². The molecule has 0 aromatic carbocycles. The van der Waals surface area contributed by atoms with Crippen molar-refractivity contribution in [3.63, 3.8) is 0 Å². The molecular weight excluding hydrogens is 150 g/mol. The van der Waals surface area contributed by atoms with Crippen molar-refractivity contribution in [2.75, 3.05) is 0 Å². The lowest BCUT2D eigenvalue weighted by atomic mass is 10.3. The molecule has 0 bridgehead atoms. The minimum atomic E-state index is -0.865. The standard InChI is InChI=1S/C7H14F2Si/c1-2-3-4-5-10-7(9)6-8/h6H,2-5,10H2,1H3/b7-6+. The Bertz CT molecular complexity index is 102.